The van der Waals surface area contributed by atoms with Gasteiger partial charge in [-0.1, -0.05) is 18.2 Å². The minimum absolute atomic E-state index is 0.228. The molecular formula is C14H14O6. The molecule has 0 aliphatic carbocycles. The van der Waals surface area contributed by atoms with Crippen molar-refractivity contribution >= 4 is 17.7 Å². The number of hydrogen-bond acceptors (Lipinski definition) is 6. The summed E-state index contributed by atoms with van der Waals surface area (Å²) in [6, 6.07) is 6.30. The Morgan fingerprint density at radius 1 is 1.10 bits per heavy atom. The molecule has 0 bridgehead atoms. The Morgan fingerprint density at radius 2 is 1.75 bits per heavy atom. The van der Waals surface area contributed by atoms with E-state index in [4.69, 9.17) is 12.6 Å². The minimum atomic E-state index is -1.21. The molecule has 0 fully saturated rings. The zero-order chi connectivity index (χ0) is 16.5. The van der Waals surface area contributed by atoms with E-state index in [0.29, 0.717) is 5.56 Å². The summed E-state index contributed by atoms with van der Waals surface area (Å²) in [4.78, 5) is 33.8. The molecule has 0 aliphatic rings. The topological polar surface area (TPSA) is 89.9 Å². The van der Waals surface area contributed by atoms with Gasteiger partial charge < -0.3 is 14.6 Å². The van der Waals surface area contributed by atoms with Gasteiger partial charge in [0.15, 0.2) is 5.78 Å². The van der Waals surface area contributed by atoms with Crippen molar-refractivity contribution in [2.45, 2.75) is 0 Å². The maximum Gasteiger partial charge on any atom is 0.338 e. The highest BCUT2D eigenvalue weighted by molar-refractivity contribution is 5.96. The molecule has 0 amide bonds. The van der Waals surface area contributed by atoms with Crippen LogP contribution in [0.3, 0.4) is 0 Å². The summed E-state index contributed by atoms with van der Waals surface area (Å²) in [5.41, 5.74) is 0.344. The first-order chi connectivity index (χ1) is 10.5. The molecule has 1 N–H and O–H groups in total. The van der Waals surface area contributed by atoms with Crippen LogP contribution < -0.4 is 0 Å². The largest absolute Gasteiger partial charge is 0.459 e. The van der Waals surface area contributed by atoms with Gasteiger partial charge in [-0.2, -0.15) is 0 Å². The summed E-state index contributed by atoms with van der Waals surface area (Å²) in [5.74, 6) is -2.85. The van der Waals surface area contributed by atoms with Crippen LogP contribution in [-0.2, 0) is 19.1 Å². The van der Waals surface area contributed by atoms with Gasteiger partial charge in [0.2, 0.25) is 0 Å². The number of ether oxygens (including phenoxy) is 2. The van der Waals surface area contributed by atoms with Crippen LogP contribution in [0.25, 0.3) is 0 Å². The molecule has 1 aromatic carbocycles. The van der Waals surface area contributed by atoms with Gasteiger partial charge in [-0.25, -0.2) is 9.59 Å². The molecule has 0 aliphatic heterocycles. The summed E-state index contributed by atoms with van der Waals surface area (Å²) in [5, 5.41) is 8.52. The fourth-order valence-electron chi connectivity index (χ4n) is 1.12. The van der Waals surface area contributed by atoms with Crippen LogP contribution in [0.2, 0.25) is 0 Å². The van der Waals surface area contributed by atoms with Gasteiger partial charge >= 0.3 is 11.9 Å². The van der Waals surface area contributed by atoms with Crippen molar-refractivity contribution in [3.05, 3.63) is 48.0 Å². The Labute approximate surface area is 118 Å². The molecule has 0 heterocycles. The second-order valence-electron chi connectivity index (χ2n) is 3.47. The van der Waals surface area contributed by atoms with E-state index in [1.54, 1.807) is 30.3 Å². The zero-order valence-corrected chi connectivity index (χ0v) is 10.5. The summed E-state index contributed by atoms with van der Waals surface area (Å²) < 4.78 is 23.9. The molecule has 0 radical (unpaired) electrons. The lowest BCUT2D eigenvalue weighted by atomic mass is 10.2. The standard InChI is InChI=1S/C14H14O6/c15-10-12(16)6-7-13(17)19-8-9-20-14(18)11-4-2-1-3-5-11/h1-7,15H,8-10H2/b7-6+/i6D,7D. The number of benzene rings is 1. The summed E-state index contributed by atoms with van der Waals surface area (Å²) in [7, 11) is 0. The van der Waals surface area contributed by atoms with Gasteiger partial charge in [-0.05, 0) is 18.2 Å². The van der Waals surface area contributed by atoms with Gasteiger partial charge in [0.1, 0.15) is 19.8 Å². The first-order valence-corrected chi connectivity index (χ1v) is 5.68. The Kier molecular flexibility index (Phi) is 5.40. The van der Waals surface area contributed by atoms with Crippen molar-refractivity contribution in [2.75, 3.05) is 19.8 Å². The number of rotatable bonds is 7. The fourth-order valence-corrected chi connectivity index (χ4v) is 1.12. The van der Waals surface area contributed by atoms with Crippen LogP contribution in [-0.4, -0.2) is 42.6 Å². The lowest BCUT2D eigenvalue weighted by Gasteiger charge is -2.04. The van der Waals surface area contributed by atoms with E-state index < -0.39 is 36.4 Å². The summed E-state index contributed by atoms with van der Waals surface area (Å²) >= 11 is 0. The Balaban J connectivity index is 2.40. The van der Waals surface area contributed by atoms with Crippen molar-refractivity contribution in [1.82, 2.24) is 0 Å². The smallest absolute Gasteiger partial charge is 0.338 e. The highest BCUT2D eigenvalue weighted by atomic mass is 16.6. The number of ketones is 1. The number of aliphatic hydroxyl groups excluding tert-OH is 1. The van der Waals surface area contributed by atoms with Crippen molar-refractivity contribution in [3.8, 4) is 0 Å². The number of hydrogen-bond donors (Lipinski definition) is 1. The first kappa shape index (κ1) is 12.6. The van der Waals surface area contributed by atoms with Crippen LogP contribution in [0.15, 0.2) is 42.4 Å². The normalized spacial score (nSPS) is 12.7. The molecule has 1 aromatic rings. The maximum absolute atomic E-state index is 11.5. The molecule has 0 spiro atoms. The molecule has 0 saturated heterocycles. The molecule has 1 rings (SSSR count). The number of carbonyl (C=O) groups is 3. The average Bonchev–Trinajstić information content (AvgIpc) is 2.56. The van der Waals surface area contributed by atoms with Gasteiger partial charge in [-0.15, -0.1) is 0 Å². The van der Waals surface area contributed by atoms with E-state index in [1.165, 1.54) is 0 Å². The molecule has 6 nitrogen and oxygen atoms in total. The SMILES string of the molecule is [2H]/C(C(=O)CO)=C(/[2H])C(=O)OCCOC(=O)c1ccccc1. The zero-order valence-electron chi connectivity index (χ0n) is 12.5. The molecular weight excluding hydrogens is 264 g/mol. The van der Waals surface area contributed by atoms with E-state index >= 15 is 0 Å². The van der Waals surface area contributed by atoms with Gasteiger partial charge in [0.05, 0.1) is 8.30 Å². The van der Waals surface area contributed by atoms with Crippen molar-refractivity contribution in [1.29, 1.82) is 0 Å². The lowest BCUT2D eigenvalue weighted by molar-refractivity contribution is -0.139. The number of carbonyl (C=O) groups excluding carboxylic acids is 3. The van der Waals surface area contributed by atoms with Crippen LogP contribution in [0.1, 0.15) is 13.1 Å². The predicted molar refractivity (Wildman–Crippen MR) is 68.9 cm³/mol. The third-order valence-electron chi connectivity index (χ3n) is 2.01. The van der Waals surface area contributed by atoms with E-state index in [0.717, 1.165) is 0 Å². The summed E-state index contributed by atoms with van der Waals surface area (Å²) in [6.45, 7) is -1.52. The van der Waals surface area contributed by atoms with Gasteiger partial charge in [0.25, 0.3) is 0 Å². The molecule has 6 heteroatoms. The van der Waals surface area contributed by atoms with E-state index in [9.17, 15) is 14.4 Å². The number of aliphatic hydroxyl groups is 1. The van der Waals surface area contributed by atoms with E-state index in [1.807, 2.05) is 0 Å². The number of esters is 2. The molecule has 20 heavy (non-hydrogen) atoms. The molecule has 0 unspecified atom stereocenters. The third kappa shape index (κ3) is 5.92. The quantitative estimate of drug-likeness (QED) is 0.444. The minimum Gasteiger partial charge on any atom is -0.459 e. The van der Waals surface area contributed by atoms with E-state index in [2.05, 4.69) is 4.74 Å². The Hall–Kier alpha value is -2.47. The second-order valence-corrected chi connectivity index (χ2v) is 3.47. The molecule has 0 aromatic heterocycles. The van der Waals surface area contributed by atoms with Crippen molar-refractivity contribution < 1.29 is 31.7 Å². The Morgan fingerprint density at radius 3 is 2.40 bits per heavy atom. The van der Waals surface area contributed by atoms with Crippen LogP contribution >= 0.6 is 0 Å². The highest BCUT2D eigenvalue weighted by Crippen LogP contribution is 2.00. The van der Waals surface area contributed by atoms with Crippen LogP contribution in [0.4, 0.5) is 0 Å². The second kappa shape index (κ2) is 8.60. The van der Waals surface area contributed by atoms with Crippen LogP contribution in [0.5, 0.6) is 0 Å². The highest BCUT2D eigenvalue weighted by Gasteiger charge is 2.06. The fraction of sp³-hybridized carbons (Fsp3) is 0.214. The monoisotopic (exact) mass is 280 g/mol. The molecule has 106 valence electrons. The van der Waals surface area contributed by atoms with Gasteiger partial charge in [-0.3, -0.25) is 4.79 Å². The maximum atomic E-state index is 11.5. The van der Waals surface area contributed by atoms with E-state index in [-0.39, 0.29) is 13.2 Å². The third-order valence-corrected chi connectivity index (χ3v) is 2.01. The molecule has 0 saturated carbocycles. The van der Waals surface area contributed by atoms with Crippen LogP contribution in [0, 0.1) is 0 Å². The summed E-state index contributed by atoms with van der Waals surface area (Å²) in [6.07, 6.45) is 0. The predicted octanol–water partition coefficient (Wildman–Crippen LogP) is 0.504. The van der Waals surface area contributed by atoms with Crippen molar-refractivity contribution in [2.24, 2.45) is 0 Å². The molecule has 0 atom stereocenters. The lowest BCUT2D eigenvalue weighted by Crippen LogP contribution is -2.13. The Bertz CT molecular complexity index is 582. The van der Waals surface area contributed by atoms with Gasteiger partial charge in [0, 0.05) is 6.05 Å². The van der Waals surface area contributed by atoms with Crippen molar-refractivity contribution in [3.63, 3.8) is 0 Å². The average molecular weight is 280 g/mol. The first-order valence-electron chi connectivity index (χ1n) is 6.68.